The molecule has 126 valence electrons. The van der Waals surface area contributed by atoms with Gasteiger partial charge in [0.25, 0.3) is 5.91 Å². The summed E-state index contributed by atoms with van der Waals surface area (Å²) in [5, 5.41) is 51.2. The van der Waals surface area contributed by atoms with Crippen LogP contribution >= 0.6 is 0 Å². The first-order valence-electron chi connectivity index (χ1n) is 6.46. The fourth-order valence-corrected chi connectivity index (χ4v) is 1.78. The standard InChI is InChI=1S/C14H9N5O6/c15-5-8(14(23)18-11-6-16-1-2-17-11)12(21)7-3-9(19(24)25)13(22)10(20)4-7/h1-4,6,20-22H,(H,17,18,23)/b12-8-. The van der Waals surface area contributed by atoms with Crippen molar-refractivity contribution < 1.29 is 25.0 Å². The number of nitriles is 1. The summed E-state index contributed by atoms with van der Waals surface area (Å²) < 4.78 is 0. The molecule has 0 fully saturated rings. The number of aliphatic hydroxyl groups excluding tert-OH is 1. The smallest absolute Gasteiger partial charge is 0.315 e. The molecule has 25 heavy (non-hydrogen) atoms. The zero-order chi connectivity index (χ0) is 18.6. The van der Waals surface area contributed by atoms with Crippen LogP contribution in [0.15, 0.2) is 36.3 Å². The predicted molar refractivity (Wildman–Crippen MR) is 82.2 cm³/mol. The molecule has 11 nitrogen and oxygen atoms in total. The summed E-state index contributed by atoms with van der Waals surface area (Å²) in [6, 6.07) is 2.93. The molecule has 0 aliphatic carbocycles. The number of benzene rings is 1. The second kappa shape index (κ2) is 6.92. The lowest BCUT2D eigenvalue weighted by Gasteiger charge is -2.07. The van der Waals surface area contributed by atoms with Crippen LogP contribution in [0.2, 0.25) is 0 Å². The molecule has 0 atom stereocenters. The van der Waals surface area contributed by atoms with Crippen LogP contribution in [0.3, 0.4) is 0 Å². The second-order valence-corrected chi connectivity index (χ2v) is 4.50. The molecule has 1 aromatic heterocycles. The van der Waals surface area contributed by atoms with Crippen LogP contribution in [0.4, 0.5) is 11.5 Å². The molecule has 0 aliphatic rings. The van der Waals surface area contributed by atoms with Crippen molar-refractivity contribution in [1.29, 1.82) is 5.26 Å². The van der Waals surface area contributed by atoms with Gasteiger partial charge in [0.15, 0.2) is 17.1 Å². The lowest BCUT2D eigenvalue weighted by molar-refractivity contribution is -0.386. The number of carbonyl (C=O) groups excluding carboxylic acids is 1. The molecule has 0 aliphatic heterocycles. The quantitative estimate of drug-likeness (QED) is 0.158. The number of nitrogens with one attached hydrogen (secondary N) is 1. The van der Waals surface area contributed by atoms with Gasteiger partial charge in [0.2, 0.25) is 5.75 Å². The molecule has 0 radical (unpaired) electrons. The Morgan fingerprint density at radius 3 is 2.60 bits per heavy atom. The maximum Gasteiger partial charge on any atom is 0.315 e. The van der Waals surface area contributed by atoms with E-state index in [0.29, 0.717) is 6.07 Å². The number of phenols is 2. The summed E-state index contributed by atoms with van der Waals surface area (Å²) in [5.74, 6) is -3.88. The van der Waals surface area contributed by atoms with Gasteiger partial charge in [0, 0.05) is 24.0 Å². The average Bonchev–Trinajstić information content (AvgIpc) is 2.58. The largest absolute Gasteiger partial charge is 0.506 e. The number of aromatic nitrogens is 2. The molecule has 1 heterocycles. The highest BCUT2D eigenvalue weighted by atomic mass is 16.6. The summed E-state index contributed by atoms with van der Waals surface area (Å²) in [4.78, 5) is 29.4. The van der Waals surface area contributed by atoms with E-state index >= 15 is 0 Å². The SMILES string of the molecule is N#C/C(C(=O)Nc1cnccn1)=C(/O)c1cc(O)c(O)c([N+](=O)[O-])c1. The number of nitro groups is 1. The van der Waals surface area contributed by atoms with Gasteiger partial charge in [-0.25, -0.2) is 4.98 Å². The molecule has 0 bridgehead atoms. The number of aromatic hydroxyl groups is 2. The Labute approximate surface area is 139 Å². The number of anilines is 1. The zero-order valence-corrected chi connectivity index (χ0v) is 12.2. The van der Waals surface area contributed by atoms with Crippen LogP contribution in [0.5, 0.6) is 11.5 Å². The third-order valence-electron chi connectivity index (χ3n) is 2.92. The lowest BCUT2D eigenvalue weighted by Crippen LogP contribution is -2.16. The number of aliphatic hydroxyl groups is 1. The maximum absolute atomic E-state index is 12.1. The minimum absolute atomic E-state index is 0.00702. The normalized spacial score (nSPS) is 11.2. The van der Waals surface area contributed by atoms with E-state index in [4.69, 9.17) is 5.26 Å². The van der Waals surface area contributed by atoms with Gasteiger partial charge in [0.05, 0.1) is 11.1 Å². The van der Waals surface area contributed by atoms with Crippen molar-refractivity contribution in [1.82, 2.24) is 9.97 Å². The molecule has 4 N–H and O–H groups in total. The van der Waals surface area contributed by atoms with Crippen molar-refractivity contribution in [3.8, 4) is 17.6 Å². The first kappa shape index (κ1) is 17.2. The number of phenolic OH excluding ortho intramolecular Hbond substituents is 2. The van der Waals surface area contributed by atoms with Crippen LogP contribution in [-0.2, 0) is 4.79 Å². The Kier molecular flexibility index (Phi) is 4.75. The molecule has 2 aromatic rings. The van der Waals surface area contributed by atoms with E-state index in [1.54, 1.807) is 0 Å². The molecule has 0 spiro atoms. The summed E-state index contributed by atoms with van der Waals surface area (Å²) in [6.45, 7) is 0. The molecular formula is C14H9N5O6. The Balaban J connectivity index is 2.47. The monoisotopic (exact) mass is 343 g/mol. The van der Waals surface area contributed by atoms with Crippen LogP contribution < -0.4 is 5.32 Å². The number of amides is 1. The predicted octanol–water partition coefficient (Wildman–Crippen LogP) is 1.23. The lowest BCUT2D eigenvalue weighted by atomic mass is 10.1. The van der Waals surface area contributed by atoms with Gasteiger partial charge in [-0.2, -0.15) is 5.26 Å². The van der Waals surface area contributed by atoms with E-state index in [1.807, 2.05) is 0 Å². The summed E-state index contributed by atoms with van der Waals surface area (Å²) in [5.41, 5.74) is -2.11. The van der Waals surface area contributed by atoms with E-state index in [2.05, 4.69) is 15.3 Å². The van der Waals surface area contributed by atoms with Crippen molar-refractivity contribution in [2.75, 3.05) is 5.32 Å². The first-order chi connectivity index (χ1) is 11.8. The molecule has 0 saturated heterocycles. The number of hydrogen-bond donors (Lipinski definition) is 4. The number of hydrogen-bond acceptors (Lipinski definition) is 9. The van der Waals surface area contributed by atoms with Gasteiger partial charge in [-0.05, 0) is 6.07 Å². The Morgan fingerprint density at radius 1 is 1.32 bits per heavy atom. The molecule has 0 saturated carbocycles. The molecule has 11 heteroatoms. The highest BCUT2D eigenvalue weighted by molar-refractivity contribution is 6.10. The van der Waals surface area contributed by atoms with Crippen molar-refractivity contribution in [2.24, 2.45) is 0 Å². The van der Waals surface area contributed by atoms with Gasteiger partial charge in [0.1, 0.15) is 11.8 Å². The maximum atomic E-state index is 12.1. The van der Waals surface area contributed by atoms with Crippen molar-refractivity contribution in [3.63, 3.8) is 0 Å². The van der Waals surface area contributed by atoms with E-state index in [1.165, 1.54) is 24.7 Å². The van der Waals surface area contributed by atoms with Gasteiger partial charge in [-0.3, -0.25) is 19.9 Å². The average molecular weight is 343 g/mol. The minimum atomic E-state index is -1.05. The second-order valence-electron chi connectivity index (χ2n) is 4.50. The van der Waals surface area contributed by atoms with Gasteiger partial charge < -0.3 is 20.6 Å². The zero-order valence-electron chi connectivity index (χ0n) is 12.2. The summed E-state index contributed by atoms with van der Waals surface area (Å²) >= 11 is 0. The summed E-state index contributed by atoms with van der Waals surface area (Å²) in [6.07, 6.45) is 3.83. The van der Waals surface area contributed by atoms with E-state index in [9.17, 15) is 30.2 Å². The molecular weight excluding hydrogens is 334 g/mol. The van der Waals surface area contributed by atoms with E-state index in [0.717, 1.165) is 6.07 Å². The molecule has 1 aromatic carbocycles. The van der Waals surface area contributed by atoms with E-state index < -0.39 is 44.9 Å². The number of nitro benzene ring substituents is 1. The molecule has 1 amide bonds. The van der Waals surface area contributed by atoms with Crippen molar-refractivity contribution >= 4 is 23.2 Å². The number of rotatable bonds is 4. The Bertz CT molecular complexity index is 919. The van der Waals surface area contributed by atoms with Gasteiger partial charge in [-0.1, -0.05) is 0 Å². The fourth-order valence-electron chi connectivity index (χ4n) is 1.78. The van der Waals surface area contributed by atoms with Crippen molar-refractivity contribution in [3.05, 3.63) is 52.0 Å². The Morgan fingerprint density at radius 2 is 2.04 bits per heavy atom. The third kappa shape index (κ3) is 3.59. The van der Waals surface area contributed by atoms with Crippen LogP contribution in [-0.4, -0.2) is 36.1 Å². The summed E-state index contributed by atoms with van der Waals surface area (Å²) in [7, 11) is 0. The fraction of sp³-hybridized carbons (Fsp3) is 0. The Hall–Kier alpha value is -4.20. The third-order valence-corrected chi connectivity index (χ3v) is 2.92. The van der Waals surface area contributed by atoms with Crippen LogP contribution in [0.1, 0.15) is 5.56 Å². The topological polar surface area (TPSA) is 182 Å². The first-order valence-corrected chi connectivity index (χ1v) is 6.46. The van der Waals surface area contributed by atoms with Crippen LogP contribution in [0.25, 0.3) is 5.76 Å². The van der Waals surface area contributed by atoms with Crippen LogP contribution in [0, 0.1) is 21.4 Å². The minimum Gasteiger partial charge on any atom is -0.506 e. The van der Waals surface area contributed by atoms with Gasteiger partial charge >= 0.3 is 5.69 Å². The highest BCUT2D eigenvalue weighted by Crippen LogP contribution is 2.38. The van der Waals surface area contributed by atoms with Gasteiger partial charge in [-0.15, -0.1) is 0 Å². The molecule has 0 unspecified atom stereocenters. The van der Waals surface area contributed by atoms with E-state index in [-0.39, 0.29) is 5.82 Å². The van der Waals surface area contributed by atoms with Crippen molar-refractivity contribution in [2.45, 2.75) is 0 Å². The number of nitrogens with zero attached hydrogens (tertiary/aromatic N) is 4. The highest BCUT2D eigenvalue weighted by Gasteiger charge is 2.23. The molecule has 2 rings (SSSR count). The number of carbonyl (C=O) groups is 1.